The van der Waals surface area contributed by atoms with Crippen LogP contribution >= 0.6 is 0 Å². The SMILES string of the molecule is C[C@]12CCC(=NOC(=O)n3ccnc3)C=C1CC[C@H]1[C@@H]2CC[C@]2(C)C(c3cccnc3)=CC[C@@H]12. The van der Waals surface area contributed by atoms with Gasteiger partial charge in [-0.05, 0) is 96.8 Å². The van der Waals surface area contributed by atoms with Crippen molar-refractivity contribution in [1.29, 1.82) is 0 Å². The van der Waals surface area contributed by atoms with Crippen LogP contribution in [0.3, 0.4) is 0 Å². The Bertz CT molecular complexity index is 1180. The Morgan fingerprint density at radius 3 is 2.82 bits per heavy atom. The summed E-state index contributed by atoms with van der Waals surface area (Å²) >= 11 is 0. The molecule has 5 atom stereocenters. The highest BCUT2D eigenvalue weighted by molar-refractivity contribution is 5.96. The van der Waals surface area contributed by atoms with E-state index >= 15 is 0 Å². The highest BCUT2D eigenvalue weighted by Crippen LogP contribution is 2.66. The quantitative estimate of drug-likeness (QED) is 0.394. The van der Waals surface area contributed by atoms with Gasteiger partial charge in [0.1, 0.15) is 6.33 Å². The van der Waals surface area contributed by atoms with E-state index in [0.29, 0.717) is 11.8 Å². The van der Waals surface area contributed by atoms with Gasteiger partial charge in [0.25, 0.3) is 0 Å². The molecule has 2 aromatic rings. The first-order chi connectivity index (χ1) is 16.5. The van der Waals surface area contributed by atoms with Crippen LogP contribution in [0, 0.1) is 28.6 Å². The number of nitrogens with zero attached hydrogens (tertiary/aromatic N) is 4. The summed E-state index contributed by atoms with van der Waals surface area (Å²) in [7, 11) is 0. The normalized spacial score (nSPS) is 35.6. The molecule has 0 radical (unpaired) electrons. The minimum Gasteiger partial charge on any atom is -0.297 e. The molecule has 6 heteroatoms. The van der Waals surface area contributed by atoms with Crippen LogP contribution < -0.4 is 0 Å². The van der Waals surface area contributed by atoms with Gasteiger partial charge in [-0.15, -0.1) is 0 Å². The fourth-order valence-electron chi connectivity index (χ4n) is 7.69. The zero-order chi connectivity index (χ0) is 23.3. The van der Waals surface area contributed by atoms with Crippen molar-refractivity contribution < 1.29 is 9.63 Å². The van der Waals surface area contributed by atoms with Gasteiger partial charge in [0.15, 0.2) is 0 Å². The maximum atomic E-state index is 12.1. The Morgan fingerprint density at radius 2 is 2.03 bits per heavy atom. The topological polar surface area (TPSA) is 69.4 Å². The van der Waals surface area contributed by atoms with E-state index < -0.39 is 6.09 Å². The minimum atomic E-state index is -0.523. The number of rotatable bonds is 2. The van der Waals surface area contributed by atoms with E-state index in [1.807, 2.05) is 12.4 Å². The smallest absolute Gasteiger partial charge is 0.297 e. The molecule has 0 aromatic carbocycles. The zero-order valence-electron chi connectivity index (χ0n) is 20.0. The summed E-state index contributed by atoms with van der Waals surface area (Å²) in [6, 6.07) is 4.29. The predicted molar refractivity (Wildman–Crippen MR) is 131 cm³/mol. The Morgan fingerprint density at radius 1 is 1.12 bits per heavy atom. The van der Waals surface area contributed by atoms with Gasteiger partial charge < -0.3 is 0 Å². The Balaban J connectivity index is 1.21. The summed E-state index contributed by atoms with van der Waals surface area (Å²) in [5, 5.41) is 4.20. The number of fused-ring (bicyclic) bond motifs is 5. The Labute approximate surface area is 200 Å². The monoisotopic (exact) mass is 456 g/mol. The van der Waals surface area contributed by atoms with Crippen LogP contribution in [0.1, 0.15) is 64.4 Å². The average molecular weight is 457 g/mol. The Kier molecular flexibility index (Phi) is 5.08. The second kappa shape index (κ2) is 8.03. The van der Waals surface area contributed by atoms with Crippen molar-refractivity contribution in [2.24, 2.45) is 33.7 Å². The van der Waals surface area contributed by atoms with Crippen molar-refractivity contribution in [1.82, 2.24) is 14.5 Å². The van der Waals surface area contributed by atoms with Gasteiger partial charge in [-0.25, -0.2) is 14.3 Å². The third kappa shape index (κ3) is 3.29. The summed E-state index contributed by atoms with van der Waals surface area (Å²) in [5.74, 6) is 2.18. The second-order valence-electron chi connectivity index (χ2n) is 11.0. The van der Waals surface area contributed by atoms with E-state index in [9.17, 15) is 4.79 Å². The molecular weight excluding hydrogens is 424 g/mol. The van der Waals surface area contributed by atoms with Crippen LogP contribution in [0.25, 0.3) is 5.57 Å². The third-order valence-electron chi connectivity index (χ3n) is 9.49. The van der Waals surface area contributed by atoms with Crippen LogP contribution in [-0.4, -0.2) is 26.3 Å². The fourth-order valence-corrected chi connectivity index (χ4v) is 7.69. The first-order valence-corrected chi connectivity index (χ1v) is 12.6. The number of hydrogen-bond acceptors (Lipinski definition) is 5. The highest BCUT2D eigenvalue weighted by Gasteiger charge is 2.57. The molecule has 0 aliphatic heterocycles. The predicted octanol–water partition coefficient (Wildman–Crippen LogP) is 6.28. The number of allylic oxidation sites excluding steroid dienone is 4. The number of carbonyl (C=O) groups is 1. The molecule has 0 bridgehead atoms. The van der Waals surface area contributed by atoms with Gasteiger partial charge in [-0.1, -0.05) is 36.7 Å². The fraction of sp³-hybridized carbons (Fsp3) is 0.500. The number of oxime groups is 1. The molecular formula is C28H32N4O2. The maximum Gasteiger partial charge on any atom is 0.445 e. The lowest BCUT2D eigenvalue weighted by Crippen LogP contribution is -2.49. The molecule has 4 aliphatic carbocycles. The molecule has 2 heterocycles. The summed E-state index contributed by atoms with van der Waals surface area (Å²) < 4.78 is 1.30. The van der Waals surface area contributed by atoms with Crippen molar-refractivity contribution in [3.8, 4) is 0 Å². The molecule has 4 aliphatic rings. The van der Waals surface area contributed by atoms with Crippen LogP contribution in [0.5, 0.6) is 0 Å². The van der Waals surface area contributed by atoms with Crippen LogP contribution in [0.4, 0.5) is 4.79 Å². The largest absolute Gasteiger partial charge is 0.445 e. The number of imidazole rings is 1. The van der Waals surface area contributed by atoms with Crippen molar-refractivity contribution in [2.75, 3.05) is 0 Å². The lowest BCUT2D eigenvalue weighted by Gasteiger charge is -2.58. The number of carbonyl (C=O) groups excluding carboxylic acids is 1. The van der Waals surface area contributed by atoms with E-state index in [-0.39, 0.29) is 10.8 Å². The van der Waals surface area contributed by atoms with Gasteiger partial charge >= 0.3 is 6.09 Å². The van der Waals surface area contributed by atoms with Crippen molar-refractivity contribution >= 4 is 17.4 Å². The number of hydrogen-bond donors (Lipinski definition) is 0. The third-order valence-corrected chi connectivity index (χ3v) is 9.49. The summed E-state index contributed by atoms with van der Waals surface area (Å²) in [6.45, 7) is 4.99. The van der Waals surface area contributed by atoms with Crippen molar-refractivity contribution in [3.05, 3.63) is 66.5 Å². The highest BCUT2D eigenvalue weighted by atomic mass is 16.7. The number of pyridine rings is 1. The number of aromatic nitrogens is 3. The first-order valence-electron chi connectivity index (χ1n) is 12.6. The summed E-state index contributed by atoms with van der Waals surface area (Å²) in [4.78, 5) is 25.6. The van der Waals surface area contributed by atoms with Gasteiger partial charge in [-0.3, -0.25) is 9.82 Å². The molecule has 6 rings (SSSR count). The molecule has 0 N–H and O–H groups in total. The van der Waals surface area contributed by atoms with E-state index in [1.54, 1.807) is 12.4 Å². The van der Waals surface area contributed by atoms with Crippen LogP contribution in [0.2, 0.25) is 0 Å². The maximum absolute atomic E-state index is 12.1. The standard InChI is InChI=1S/C28H32N4O2/c1-27-11-9-21(31-34-26(33)32-15-14-30-18-32)16-20(27)5-6-22-24-8-7-23(19-4-3-13-29-17-19)28(24,2)12-10-25(22)27/h3-4,7,13-18,22,24-25H,5-6,8-12H2,1-2H3/t22-,24+,25+,27+,28-/m1/s1. The molecule has 2 aromatic heterocycles. The van der Waals surface area contributed by atoms with Gasteiger partial charge in [0, 0.05) is 24.8 Å². The van der Waals surface area contributed by atoms with Gasteiger partial charge in [-0.2, -0.15) is 0 Å². The molecule has 0 unspecified atom stereocenters. The molecule has 0 spiro atoms. The van der Waals surface area contributed by atoms with Gasteiger partial charge in [0.05, 0.1) is 5.71 Å². The van der Waals surface area contributed by atoms with Gasteiger partial charge in [0.2, 0.25) is 0 Å². The molecule has 0 amide bonds. The Hall–Kier alpha value is -3.02. The van der Waals surface area contributed by atoms with E-state index in [0.717, 1.165) is 30.9 Å². The molecule has 176 valence electrons. The van der Waals surface area contributed by atoms with Crippen molar-refractivity contribution in [3.63, 3.8) is 0 Å². The van der Waals surface area contributed by atoms with E-state index in [2.05, 4.69) is 53.3 Å². The summed E-state index contributed by atoms with van der Waals surface area (Å²) in [5.41, 5.74) is 5.67. The molecule has 34 heavy (non-hydrogen) atoms. The van der Waals surface area contributed by atoms with E-state index in [1.165, 1.54) is 53.3 Å². The molecule has 0 saturated heterocycles. The molecule has 6 nitrogen and oxygen atoms in total. The molecule has 2 fully saturated rings. The lowest BCUT2D eigenvalue weighted by atomic mass is 9.46. The summed E-state index contributed by atoms with van der Waals surface area (Å²) in [6.07, 6.45) is 20.6. The first kappa shape index (κ1) is 21.5. The second-order valence-corrected chi connectivity index (χ2v) is 11.0. The minimum absolute atomic E-state index is 0.217. The van der Waals surface area contributed by atoms with Crippen LogP contribution in [0.15, 0.2) is 66.1 Å². The van der Waals surface area contributed by atoms with Crippen LogP contribution in [-0.2, 0) is 4.84 Å². The average Bonchev–Trinajstić information content (AvgIpc) is 3.51. The van der Waals surface area contributed by atoms with Crippen molar-refractivity contribution in [2.45, 2.75) is 58.8 Å². The molecule has 2 saturated carbocycles. The van der Waals surface area contributed by atoms with E-state index in [4.69, 9.17) is 4.84 Å². The lowest BCUT2D eigenvalue weighted by molar-refractivity contribution is -0.0190. The zero-order valence-corrected chi connectivity index (χ0v) is 20.0.